The van der Waals surface area contributed by atoms with Gasteiger partial charge in [-0.3, -0.25) is 0 Å². The molecule has 2 aromatic heterocycles. The lowest BCUT2D eigenvalue weighted by Gasteiger charge is -2.21. The minimum atomic E-state index is -1.87. The second-order valence-electron chi connectivity index (χ2n) is 14.2. The number of hydrogen-bond donors (Lipinski definition) is 0. The van der Waals surface area contributed by atoms with E-state index >= 15 is 0 Å². The van der Waals surface area contributed by atoms with Crippen LogP contribution < -0.4 is 10.4 Å². The van der Waals surface area contributed by atoms with Crippen molar-refractivity contribution in [1.82, 2.24) is 9.97 Å². The van der Waals surface area contributed by atoms with Crippen LogP contribution in [0.15, 0.2) is 126 Å². The van der Waals surface area contributed by atoms with E-state index in [1.165, 1.54) is 43.8 Å². The van der Waals surface area contributed by atoms with Crippen molar-refractivity contribution in [2.75, 3.05) is 0 Å². The zero-order chi connectivity index (χ0) is 31.7. The molecule has 0 radical (unpaired) electrons. The lowest BCUT2D eigenvalue weighted by molar-refractivity contribution is 0.653. The molecular weight excluding hydrogens is 589 g/mol. The van der Waals surface area contributed by atoms with Crippen LogP contribution in [0.4, 0.5) is 0 Å². The Morgan fingerprint density at radius 1 is 0.574 bits per heavy atom. The number of nitrogens with zero attached hydrogens (tertiary/aromatic N) is 2. The number of hydrogen-bond acceptors (Lipinski definition) is 3. The van der Waals surface area contributed by atoms with Crippen LogP contribution in [0, 0.1) is 0 Å². The quantitative estimate of drug-likeness (QED) is 0.181. The van der Waals surface area contributed by atoms with Crippen LogP contribution in [0.25, 0.3) is 77.7 Å². The molecule has 0 fully saturated rings. The molecule has 8 aromatic rings. The van der Waals surface area contributed by atoms with E-state index in [2.05, 4.69) is 142 Å². The molecule has 47 heavy (non-hydrogen) atoms. The topological polar surface area (TPSA) is 38.9 Å². The molecule has 1 aliphatic heterocycles. The van der Waals surface area contributed by atoms with Gasteiger partial charge in [0, 0.05) is 43.8 Å². The predicted molar refractivity (Wildman–Crippen MR) is 197 cm³/mol. The lowest BCUT2D eigenvalue weighted by Crippen LogP contribution is -2.49. The van der Waals surface area contributed by atoms with Gasteiger partial charge in [0.05, 0.1) is 11.2 Å². The third kappa shape index (κ3) is 3.51. The van der Waals surface area contributed by atoms with Gasteiger partial charge >= 0.3 is 0 Å². The van der Waals surface area contributed by atoms with Crippen molar-refractivity contribution in [3.63, 3.8) is 0 Å². The van der Waals surface area contributed by atoms with Gasteiger partial charge in [-0.2, -0.15) is 0 Å². The minimum Gasteiger partial charge on any atom is -0.455 e. The molecule has 10 rings (SSSR count). The van der Waals surface area contributed by atoms with E-state index in [-0.39, 0.29) is 5.41 Å². The van der Waals surface area contributed by atoms with Crippen LogP contribution in [0.2, 0.25) is 13.1 Å². The van der Waals surface area contributed by atoms with Crippen molar-refractivity contribution in [2.45, 2.75) is 32.4 Å². The van der Waals surface area contributed by atoms with E-state index in [1.54, 1.807) is 0 Å². The standard InChI is InChI=1S/C43H32N2OSi/c1-43(2)32-21-18-26(24-31(32)37-33(43)22-19-28-27-14-8-10-16-34(27)46-41(28)37)42-44-39(25-12-6-5-7-13-25)30-20-23-36-38(40(30)45-42)29-15-9-11-17-35(29)47(36,3)4/h5-24H,1-4H3. The van der Waals surface area contributed by atoms with Gasteiger partial charge in [-0.25, -0.2) is 9.97 Å². The molecule has 0 atom stereocenters. The van der Waals surface area contributed by atoms with Gasteiger partial charge in [-0.05, 0) is 44.8 Å². The third-order valence-electron chi connectivity index (χ3n) is 10.9. The predicted octanol–water partition coefficient (Wildman–Crippen LogP) is 9.97. The van der Waals surface area contributed by atoms with Gasteiger partial charge in [-0.1, -0.05) is 136 Å². The Labute approximate surface area is 274 Å². The molecule has 0 spiro atoms. The molecule has 0 saturated heterocycles. The molecular formula is C43H32N2OSi. The molecule has 0 N–H and O–H groups in total. The summed E-state index contributed by atoms with van der Waals surface area (Å²) in [7, 11) is -1.87. The molecule has 0 unspecified atom stereocenters. The lowest BCUT2D eigenvalue weighted by atomic mass is 9.82. The van der Waals surface area contributed by atoms with Crippen molar-refractivity contribution in [1.29, 1.82) is 0 Å². The summed E-state index contributed by atoms with van der Waals surface area (Å²) in [6, 6.07) is 43.8. The van der Waals surface area contributed by atoms with Gasteiger partial charge < -0.3 is 4.42 Å². The van der Waals surface area contributed by atoms with E-state index in [9.17, 15) is 0 Å². The first-order valence-electron chi connectivity index (χ1n) is 16.4. The SMILES string of the molecule is CC1(C)c2ccc(-c3nc(-c4ccccc4)c4ccc5c(c4n3)-c3ccccc3[Si]5(C)C)cc2-c2c1ccc1c2oc2ccccc21. The number of benzene rings is 6. The maximum atomic E-state index is 6.60. The summed E-state index contributed by atoms with van der Waals surface area (Å²) >= 11 is 0. The highest BCUT2D eigenvalue weighted by Gasteiger charge is 2.40. The highest BCUT2D eigenvalue weighted by molar-refractivity contribution is 7.04. The van der Waals surface area contributed by atoms with Crippen LogP contribution in [-0.4, -0.2) is 18.0 Å². The van der Waals surface area contributed by atoms with E-state index in [4.69, 9.17) is 14.4 Å². The maximum Gasteiger partial charge on any atom is 0.160 e. The largest absolute Gasteiger partial charge is 0.455 e. The van der Waals surface area contributed by atoms with Crippen LogP contribution in [0.3, 0.4) is 0 Å². The summed E-state index contributed by atoms with van der Waals surface area (Å²) in [5, 5.41) is 6.33. The third-order valence-corrected chi connectivity index (χ3v) is 14.4. The summed E-state index contributed by atoms with van der Waals surface area (Å²) < 4.78 is 6.60. The molecule has 2 aliphatic rings. The first-order chi connectivity index (χ1) is 22.8. The van der Waals surface area contributed by atoms with Crippen LogP contribution in [-0.2, 0) is 5.41 Å². The average molecular weight is 621 g/mol. The molecule has 3 nitrogen and oxygen atoms in total. The molecule has 4 heteroatoms. The average Bonchev–Trinajstić information content (AvgIpc) is 3.68. The van der Waals surface area contributed by atoms with Crippen molar-refractivity contribution in [2.24, 2.45) is 0 Å². The van der Waals surface area contributed by atoms with E-state index in [0.717, 1.165) is 55.5 Å². The number of para-hydroxylation sites is 1. The Hall–Kier alpha value is -5.32. The van der Waals surface area contributed by atoms with Crippen molar-refractivity contribution < 1.29 is 4.42 Å². The Bertz CT molecular complexity index is 2630. The Morgan fingerprint density at radius 3 is 2.19 bits per heavy atom. The monoisotopic (exact) mass is 620 g/mol. The Balaban J connectivity index is 1.27. The number of aromatic nitrogens is 2. The Kier molecular flexibility index (Phi) is 5.22. The van der Waals surface area contributed by atoms with Gasteiger partial charge in [0.2, 0.25) is 0 Å². The summed E-state index contributed by atoms with van der Waals surface area (Å²) in [6.07, 6.45) is 0. The molecule has 1 aliphatic carbocycles. The van der Waals surface area contributed by atoms with E-state index in [0.29, 0.717) is 0 Å². The highest BCUT2D eigenvalue weighted by Crippen LogP contribution is 2.53. The van der Waals surface area contributed by atoms with Crippen molar-refractivity contribution >= 4 is 51.3 Å². The second kappa shape index (κ2) is 9.15. The number of rotatable bonds is 2. The molecule has 6 aromatic carbocycles. The van der Waals surface area contributed by atoms with E-state index in [1.807, 2.05) is 6.07 Å². The molecule has 3 heterocycles. The first-order valence-corrected chi connectivity index (χ1v) is 19.4. The fourth-order valence-corrected chi connectivity index (χ4v) is 11.5. The number of fused-ring (bicyclic) bond motifs is 12. The van der Waals surface area contributed by atoms with Crippen molar-refractivity contribution in [3.05, 3.63) is 132 Å². The smallest absolute Gasteiger partial charge is 0.160 e. The minimum absolute atomic E-state index is 0.156. The summed E-state index contributed by atoms with van der Waals surface area (Å²) in [5.74, 6) is 0.749. The number of furan rings is 1. The van der Waals surface area contributed by atoms with Gasteiger partial charge in [0.25, 0.3) is 0 Å². The molecule has 0 bridgehead atoms. The Morgan fingerprint density at radius 2 is 1.32 bits per heavy atom. The zero-order valence-corrected chi connectivity index (χ0v) is 27.8. The van der Waals surface area contributed by atoms with Gasteiger partial charge in [0.1, 0.15) is 19.2 Å². The fourth-order valence-electron chi connectivity index (χ4n) is 8.48. The molecule has 0 amide bonds. The molecule has 0 saturated carbocycles. The van der Waals surface area contributed by atoms with Gasteiger partial charge in [-0.15, -0.1) is 0 Å². The van der Waals surface area contributed by atoms with Crippen molar-refractivity contribution in [3.8, 4) is 44.9 Å². The summed E-state index contributed by atoms with van der Waals surface area (Å²) in [5.41, 5.74) is 13.4. The maximum absolute atomic E-state index is 6.60. The summed E-state index contributed by atoms with van der Waals surface area (Å²) in [4.78, 5) is 10.8. The zero-order valence-electron chi connectivity index (χ0n) is 26.8. The summed E-state index contributed by atoms with van der Waals surface area (Å²) in [6.45, 7) is 9.56. The van der Waals surface area contributed by atoms with Crippen LogP contribution in [0.1, 0.15) is 25.0 Å². The fraction of sp³-hybridized carbons (Fsp3) is 0.116. The van der Waals surface area contributed by atoms with Crippen LogP contribution >= 0.6 is 0 Å². The molecule has 224 valence electrons. The highest BCUT2D eigenvalue weighted by atomic mass is 28.3. The van der Waals surface area contributed by atoms with Crippen LogP contribution in [0.5, 0.6) is 0 Å². The first kappa shape index (κ1) is 26.9. The van der Waals surface area contributed by atoms with E-state index < -0.39 is 8.07 Å². The second-order valence-corrected chi connectivity index (χ2v) is 18.5. The normalized spacial score (nSPS) is 15.1. The van der Waals surface area contributed by atoms with Gasteiger partial charge in [0.15, 0.2) is 5.82 Å².